The standard InChI is InChI=1S/C12H14O4/c1-15-11-5-4-10(6-9(11)7-13)16-12(14)8-2-3-8/h4-6,8,13H,2-3,7H2,1H3. The summed E-state index contributed by atoms with van der Waals surface area (Å²) >= 11 is 0. The van der Waals surface area contributed by atoms with Gasteiger partial charge in [0.2, 0.25) is 0 Å². The highest BCUT2D eigenvalue weighted by atomic mass is 16.5. The van der Waals surface area contributed by atoms with Crippen molar-refractivity contribution in [3.05, 3.63) is 23.8 Å². The maximum Gasteiger partial charge on any atom is 0.314 e. The molecule has 1 N–H and O–H groups in total. The van der Waals surface area contributed by atoms with Crippen molar-refractivity contribution in [2.45, 2.75) is 19.4 Å². The van der Waals surface area contributed by atoms with Crippen molar-refractivity contribution in [3.63, 3.8) is 0 Å². The van der Waals surface area contributed by atoms with E-state index in [9.17, 15) is 4.79 Å². The van der Waals surface area contributed by atoms with Crippen molar-refractivity contribution in [2.24, 2.45) is 5.92 Å². The van der Waals surface area contributed by atoms with E-state index in [1.54, 1.807) is 18.2 Å². The summed E-state index contributed by atoms with van der Waals surface area (Å²) in [6, 6.07) is 4.97. The smallest absolute Gasteiger partial charge is 0.314 e. The second kappa shape index (κ2) is 4.53. The number of aliphatic hydroxyl groups is 1. The summed E-state index contributed by atoms with van der Waals surface area (Å²) in [6.07, 6.45) is 1.84. The van der Waals surface area contributed by atoms with E-state index in [-0.39, 0.29) is 18.5 Å². The fraction of sp³-hybridized carbons (Fsp3) is 0.417. The molecular weight excluding hydrogens is 208 g/mol. The topological polar surface area (TPSA) is 55.8 Å². The van der Waals surface area contributed by atoms with Gasteiger partial charge in [0, 0.05) is 5.56 Å². The number of rotatable bonds is 4. The van der Waals surface area contributed by atoms with Crippen molar-refractivity contribution in [3.8, 4) is 11.5 Å². The van der Waals surface area contributed by atoms with E-state index < -0.39 is 0 Å². The lowest BCUT2D eigenvalue weighted by Crippen LogP contribution is -2.10. The number of aliphatic hydroxyl groups excluding tert-OH is 1. The molecule has 16 heavy (non-hydrogen) atoms. The van der Waals surface area contributed by atoms with Gasteiger partial charge in [0.1, 0.15) is 11.5 Å². The summed E-state index contributed by atoms with van der Waals surface area (Å²) in [7, 11) is 1.53. The monoisotopic (exact) mass is 222 g/mol. The highest BCUT2D eigenvalue weighted by Gasteiger charge is 2.31. The van der Waals surface area contributed by atoms with E-state index in [2.05, 4.69) is 0 Å². The van der Waals surface area contributed by atoms with Gasteiger partial charge < -0.3 is 14.6 Å². The number of methoxy groups -OCH3 is 1. The predicted molar refractivity (Wildman–Crippen MR) is 57.3 cm³/mol. The van der Waals surface area contributed by atoms with Crippen molar-refractivity contribution in [2.75, 3.05) is 7.11 Å². The number of ether oxygens (including phenoxy) is 2. The molecule has 0 heterocycles. The van der Waals surface area contributed by atoms with Gasteiger partial charge in [-0.3, -0.25) is 4.79 Å². The average molecular weight is 222 g/mol. The van der Waals surface area contributed by atoms with Gasteiger partial charge >= 0.3 is 5.97 Å². The van der Waals surface area contributed by atoms with Crippen LogP contribution in [-0.4, -0.2) is 18.2 Å². The third-order valence-corrected chi connectivity index (χ3v) is 2.55. The number of carbonyl (C=O) groups excluding carboxylic acids is 1. The van der Waals surface area contributed by atoms with E-state index >= 15 is 0 Å². The fourth-order valence-electron chi connectivity index (χ4n) is 1.46. The van der Waals surface area contributed by atoms with E-state index in [4.69, 9.17) is 14.6 Å². The molecule has 0 aliphatic heterocycles. The molecule has 0 unspecified atom stereocenters. The van der Waals surface area contributed by atoms with Gasteiger partial charge in [-0.05, 0) is 31.0 Å². The minimum absolute atomic E-state index is 0.0691. The van der Waals surface area contributed by atoms with E-state index in [1.807, 2.05) is 0 Å². The van der Waals surface area contributed by atoms with Crippen LogP contribution in [0.25, 0.3) is 0 Å². The van der Waals surface area contributed by atoms with Crippen LogP contribution in [0.4, 0.5) is 0 Å². The highest BCUT2D eigenvalue weighted by molar-refractivity contribution is 5.77. The molecule has 4 heteroatoms. The second-order valence-electron chi connectivity index (χ2n) is 3.83. The summed E-state index contributed by atoms with van der Waals surface area (Å²) in [4.78, 5) is 11.4. The van der Waals surface area contributed by atoms with Crippen LogP contribution in [0.3, 0.4) is 0 Å². The van der Waals surface area contributed by atoms with E-state index in [0.717, 1.165) is 12.8 Å². The number of benzene rings is 1. The van der Waals surface area contributed by atoms with Crippen LogP contribution in [0.15, 0.2) is 18.2 Å². The summed E-state index contributed by atoms with van der Waals surface area (Å²) < 4.78 is 10.2. The summed E-state index contributed by atoms with van der Waals surface area (Å²) in [5.41, 5.74) is 0.614. The summed E-state index contributed by atoms with van der Waals surface area (Å²) in [5, 5.41) is 9.11. The maximum atomic E-state index is 11.4. The molecule has 0 radical (unpaired) electrons. The van der Waals surface area contributed by atoms with Crippen LogP contribution in [0, 0.1) is 5.92 Å². The van der Waals surface area contributed by atoms with Crippen molar-refractivity contribution in [1.82, 2.24) is 0 Å². The third-order valence-electron chi connectivity index (χ3n) is 2.55. The Morgan fingerprint density at radius 2 is 2.25 bits per heavy atom. The van der Waals surface area contributed by atoms with Crippen molar-refractivity contribution >= 4 is 5.97 Å². The van der Waals surface area contributed by atoms with Crippen molar-refractivity contribution in [1.29, 1.82) is 0 Å². The van der Waals surface area contributed by atoms with Crippen LogP contribution in [-0.2, 0) is 11.4 Å². The first-order chi connectivity index (χ1) is 7.74. The average Bonchev–Trinajstić information content (AvgIpc) is 3.12. The van der Waals surface area contributed by atoms with Gasteiger partial charge in [0.05, 0.1) is 19.6 Å². The van der Waals surface area contributed by atoms with Crippen molar-refractivity contribution < 1.29 is 19.4 Å². The first kappa shape index (κ1) is 11.0. The van der Waals surface area contributed by atoms with Crippen LogP contribution in [0.1, 0.15) is 18.4 Å². The minimum Gasteiger partial charge on any atom is -0.496 e. The van der Waals surface area contributed by atoms with Gasteiger partial charge in [0.15, 0.2) is 0 Å². The van der Waals surface area contributed by atoms with E-state index in [0.29, 0.717) is 17.1 Å². The molecule has 0 saturated heterocycles. The summed E-state index contributed by atoms with van der Waals surface area (Å²) in [5.74, 6) is 0.934. The molecule has 0 atom stereocenters. The molecule has 0 amide bonds. The molecule has 86 valence electrons. The van der Waals surface area contributed by atoms with Gasteiger partial charge in [-0.25, -0.2) is 0 Å². The molecule has 4 nitrogen and oxygen atoms in total. The zero-order valence-corrected chi connectivity index (χ0v) is 9.10. The number of hydrogen-bond donors (Lipinski definition) is 1. The zero-order valence-electron chi connectivity index (χ0n) is 9.10. The van der Waals surface area contributed by atoms with Crippen LogP contribution < -0.4 is 9.47 Å². The Morgan fingerprint density at radius 1 is 1.50 bits per heavy atom. The molecule has 0 spiro atoms. The third kappa shape index (κ3) is 2.33. The molecule has 0 bridgehead atoms. The lowest BCUT2D eigenvalue weighted by molar-refractivity contribution is -0.135. The predicted octanol–water partition coefficient (Wildman–Crippen LogP) is 1.50. The maximum absolute atomic E-state index is 11.4. The Labute approximate surface area is 93.8 Å². The number of hydrogen-bond acceptors (Lipinski definition) is 4. The first-order valence-corrected chi connectivity index (χ1v) is 5.24. The molecule has 1 saturated carbocycles. The largest absolute Gasteiger partial charge is 0.496 e. The minimum atomic E-state index is -0.186. The molecule has 1 fully saturated rings. The molecule has 0 aromatic heterocycles. The Bertz CT molecular complexity index is 396. The number of esters is 1. The number of carbonyl (C=O) groups is 1. The van der Waals surface area contributed by atoms with Gasteiger partial charge in [-0.15, -0.1) is 0 Å². The molecule has 1 aliphatic rings. The molecule has 1 aromatic carbocycles. The summed E-state index contributed by atoms with van der Waals surface area (Å²) in [6.45, 7) is -0.141. The molecular formula is C12H14O4. The van der Waals surface area contributed by atoms with Gasteiger partial charge in [-0.1, -0.05) is 0 Å². The Morgan fingerprint density at radius 3 is 2.81 bits per heavy atom. The van der Waals surface area contributed by atoms with E-state index in [1.165, 1.54) is 7.11 Å². The first-order valence-electron chi connectivity index (χ1n) is 5.24. The van der Waals surface area contributed by atoms with Crippen LogP contribution in [0.2, 0.25) is 0 Å². The molecule has 1 aromatic rings. The van der Waals surface area contributed by atoms with Crippen LogP contribution >= 0.6 is 0 Å². The lowest BCUT2D eigenvalue weighted by atomic mass is 10.2. The highest BCUT2D eigenvalue weighted by Crippen LogP contribution is 2.31. The second-order valence-corrected chi connectivity index (χ2v) is 3.83. The van der Waals surface area contributed by atoms with Crippen LogP contribution in [0.5, 0.6) is 11.5 Å². The lowest BCUT2D eigenvalue weighted by Gasteiger charge is -2.08. The zero-order chi connectivity index (χ0) is 11.5. The quantitative estimate of drug-likeness (QED) is 0.619. The Kier molecular flexibility index (Phi) is 3.10. The fourth-order valence-corrected chi connectivity index (χ4v) is 1.46. The van der Waals surface area contributed by atoms with Gasteiger partial charge in [0.25, 0.3) is 0 Å². The van der Waals surface area contributed by atoms with Gasteiger partial charge in [-0.2, -0.15) is 0 Å². The Hall–Kier alpha value is -1.55. The molecule has 1 aliphatic carbocycles. The molecule has 2 rings (SSSR count). The Balaban J connectivity index is 2.12. The normalized spacial score (nSPS) is 14.6. The SMILES string of the molecule is COc1ccc(OC(=O)C2CC2)cc1CO.